The first kappa shape index (κ1) is 11.9. The largest absolute Gasteiger partial charge is 0.336 e. The Balaban J connectivity index is 1.61. The topological polar surface area (TPSA) is 63.7 Å². The Hall–Kier alpha value is -2.17. The van der Waals surface area contributed by atoms with Gasteiger partial charge in [0, 0.05) is 12.8 Å². The van der Waals surface area contributed by atoms with Gasteiger partial charge in [0.1, 0.15) is 0 Å². The first-order valence-electron chi connectivity index (χ1n) is 6.29. The van der Waals surface area contributed by atoms with Crippen LogP contribution < -0.4 is 0 Å². The number of carbonyl (C=O) groups excluding carboxylic acids is 3. The van der Waals surface area contributed by atoms with Gasteiger partial charge in [-0.3, -0.25) is 9.59 Å². The summed E-state index contributed by atoms with van der Waals surface area (Å²) in [5.74, 6) is -1.46. The van der Waals surface area contributed by atoms with Gasteiger partial charge in [-0.15, -0.1) is 5.06 Å². The van der Waals surface area contributed by atoms with Gasteiger partial charge < -0.3 is 4.84 Å². The molecule has 2 fully saturated rings. The highest BCUT2D eigenvalue weighted by Gasteiger charge is 2.47. The average molecular weight is 259 g/mol. The van der Waals surface area contributed by atoms with E-state index >= 15 is 0 Å². The summed E-state index contributed by atoms with van der Waals surface area (Å²) in [4.78, 5) is 39.5. The van der Waals surface area contributed by atoms with Crippen molar-refractivity contribution in [2.45, 2.75) is 25.2 Å². The van der Waals surface area contributed by atoms with Crippen molar-refractivity contribution in [3.8, 4) is 0 Å². The average Bonchev–Trinajstić information content (AvgIpc) is 3.17. The standard InChI is InChI=1S/C14H13NO4/c16-12-6-7-13(17)15(12)19-14(18)11-8-10(11)9-4-2-1-3-5-9/h1-5,10-11H,6-8H2/t10?,11-/m1/s1. The number of imide groups is 1. The molecule has 2 aliphatic rings. The molecule has 1 heterocycles. The summed E-state index contributed by atoms with van der Waals surface area (Å²) >= 11 is 0. The number of rotatable bonds is 3. The van der Waals surface area contributed by atoms with E-state index in [1.54, 1.807) is 0 Å². The highest BCUT2D eigenvalue weighted by Crippen LogP contribution is 2.48. The summed E-state index contributed by atoms with van der Waals surface area (Å²) in [5, 5.41) is 0.614. The lowest BCUT2D eigenvalue weighted by Gasteiger charge is -2.12. The number of hydroxylamine groups is 2. The van der Waals surface area contributed by atoms with E-state index in [1.807, 2.05) is 30.3 Å². The Morgan fingerprint density at radius 3 is 2.37 bits per heavy atom. The monoisotopic (exact) mass is 259 g/mol. The third-order valence-corrected chi connectivity index (χ3v) is 3.51. The van der Waals surface area contributed by atoms with Crippen molar-refractivity contribution in [2.75, 3.05) is 0 Å². The fraction of sp³-hybridized carbons (Fsp3) is 0.357. The second kappa shape index (κ2) is 4.50. The Morgan fingerprint density at radius 1 is 1.11 bits per heavy atom. The van der Waals surface area contributed by atoms with E-state index in [0.29, 0.717) is 11.5 Å². The van der Waals surface area contributed by atoms with Crippen molar-refractivity contribution < 1.29 is 19.2 Å². The molecule has 0 aromatic heterocycles. The summed E-state index contributed by atoms with van der Waals surface area (Å²) < 4.78 is 0. The molecule has 2 amide bonds. The predicted octanol–water partition coefficient (Wildman–Crippen LogP) is 1.40. The molecule has 0 N–H and O–H groups in total. The lowest BCUT2D eigenvalue weighted by Crippen LogP contribution is -2.32. The molecule has 0 bridgehead atoms. The number of benzene rings is 1. The van der Waals surface area contributed by atoms with Crippen LogP contribution in [0.2, 0.25) is 0 Å². The minimum absolute atomic E-state index is 0.124. The van der Waals surface area contributed by atoms with Crippen LogP contribution in [0.15, 0.2) is 30.3 Å². The van der Waals surface area contributed by atoms with Gasteiger partial charge in [0.15, 0.2) is 0 Å². The minimum Gasteiger partial charge on any atom is -0.330 e. The zero-order valence-electron chi connectivity index (χ0n) is 10.2. The number of carbonyl (C=O) groups is 3. The third kappa shape index (κ3) is 2.23. The number of hydrogen-bond donors (Lipinski definition) is 0. The van der Waals surface area contributed by atoms with Crippen molar-refractivity contribution >= 4 is 17.8 Å². The summed E-state index contributed by atoms with van der Waals surface area (Å²) in [5.41, 5.74) is 1.09. The SMILES string of the molecule is O=C(ON1C(=O)CCC1=O)[C@@H]1CC1c1ccccc1. The van der Waals surface area contributed by atoms with Crippen LogP contribution in [0, 0.1) is 5.92 Å². The first-order valence-corrected chi connectivity index (χ1v) is 6.29. The fourth-order valence-corrected chi connectivity index (χ4v) is 2.34. The Morgan fingerprint density at radius 2 is 1.74 bits per heavy atom. The maximum Gasteiger partial charge on any atom is 0.336 e. The predicted molar refractivity (Wildman–Crippen MR) is 64.5 cm³/mol. The first-order chi connectivity index (χ1) is 9.16. The molecule has 1 aliphatic heterocycles. The van der Waals surface area contributed by atoms with Crippen molar-refractivity contribution in [3.05, 3.63) is 35.9 Å². The van der Waals surface area contributed by atoms with E-state index in [4.69, 9.17) is 4.84 Å². The zero-order chi connectivity index (χ0) is 13.4. The molecule has 3 rings (SSSR count). The van der Waals surface area contributed by atoms with Crippen LogP contribution in [-0.2, 0) is 19.2 Å². The zero-order valence-corrected chi connectivity index (χ0v) is 10.2. The third-order valence-electron chi connectivity index (χ3n) is 3.51. The molecule has 5 heteroatoms. The molecular weight excluding hydrogens is 246 g/mol. The summed E-state index contributed by atoms with van der Waals surface area (Å²) in [6.07, 6.45) is 0.955. The van der Waals surface area contributed by atoms with Gasteiger partial charge in [-0.2, -0.15) is 0 Å². The maximum atomic E-state index is 11.9. The fourth-order valence-electron chi connectivity index (χ4n) is 2.34. The van der Waals surface area contributed by atoms with Gasteiger partial charge in [0.25, 0.3) is 11.8 Å². The molecule has 1 saturated heterocycles. The van der Waals surface area contributed by atoms with Crippen LogP contribution in [0.5, 0.6) is 0 Å². The lowest BCUT2D eigenvalue weighted by molar-refractivity contribution is -0.198. The molecule has 0 radical (unpaired) electrons. The van der Waals surface area contributed by atoms with Gasteiger partial charge in [-0.1, -0.05) is 30.3 Å². The normalized spacial score (nSPS) is 25.6. The molecule has 1 saturated carbocycles. The molecule has 0 spiro atoms. The van der Waals surface area contributed by atoms with E-state index in [2.05, 4.69) is 0 Å². The Labute approximate surface area is 110 Å². The van der Waals surface area contributed by atoms with Gasteiger partial charge in [-0.25, -0.2) is 4.79 Å². The highest BCUT2D eigenvalue weighted by molar-refractivity contribution is 6.01. The Bertz CT molecular complexity index is 524. The minimum atomic E-state index is -0.488. The molecular formula is C14H13NO4. The molecule has 5 nitrogen and oxygen atoms in total. The molecule has 2 atom stereocenters. The lowest BCUT2D eigenvalue weighted by atomic mass is 10.1. The summed E-state index contributed by atoms with van der Waals surface area (Å²) in [7, 11) is 0. The van der Waals surface area contributed by atoms with Gasteiger partial charge >= 0.3 is 5.97 Å². The number of hydrogen-bond acceptors (Lipinski definition) is 4. The molecule has 1 unspecified atom stereocenters. The Kier molecular flexibility index (Phi) is 2.81. The maximum absolute atomic E-state index is 11.9. The van der Waals surface area contributed by atoms with Gasteiger partial charge in [0.05, 0.1) is 5.92 Å². The van der Waals surface area contributed by atoms with Gasteiger partial charge in [0.2, 0.25) is 0 Å². The van der Waals surface area contributed by atoms with Crippen LogP contribution >= 0.6 is 0 Å². The van der Waals surface area contributed by atoms with Crippen LogP contribution in [-0.4, -0.2) is 22.8 Å². The summed E-state index contributed by atoms with van der Waals surface area (Å²) in [6.45, 7) is 0. The molecule has 19 heavy (non-hydrogen) atoms. The van der Waals surface area contributed by atoms with E-state index < -0.39 is 17.8 Å². The van der Waals surface area contributed by atoms with E-state index in [0.717, 1.165) is 5.56 Å². The number of amides is 2. The second-order valence-corrected chi connectivity index (χ2v) is 4.85. The van der Waals surface area contributed by atoms with E-state index in [1.165, 1.54) is 0 Å². The van der Waals surface area contributed by atoms with Crippen molar-refractivity contribution in [3.63, 3.8) is 0 Å². The van der Waals surface area contributed by atoms with Crippen molar-refractivity contribution in [2.24, 2.45) is 5.92 Å². The van der Waals surface area contributed by atoms with E-state index in [-0.39, 0.29) is 24.7 Å². The van der Waals surface area contributed by atoms with Crippen molar-refractivity contribution in [1.82, 2.24) is 5.06 Å². The van der Waals surface area contributed by atoms with E-state index in [9.17, 15) is 14.4 Å². The number of nitrogens with zero attached hydrogens (tertiary/aromatic N) is 1. The summed E-state index contributed by atoms with van der Waals surface area (Å²) in [6, 6.07) is 9.68. The quantitative estimate of drug-likeness (QED) is 0.770. The van der Waals surface area contributed by atoms with Crippen LogP contribution in [0.25, 0.3) is 0 Å². The van der Waals surface area contributed by atoms with Crippen LogP contribution in [0.3, 0.4) is 0 Å². The van der Waals surface area contributed by atoms with Crippen LogP contribution in [0.4, 0.5) is 0 Å². The molecule has 1 aromatic rings. The molecule has 98 valence electrons. The second-order valence-electron chi connectivity index (χ2n) is 4.85. The molecule has 1 aromatic carbocycles. The smallest absolute Gasteiger partial charge is 0.330 e. The van der Waals surface area contributed by atoms with Crippen LogP contribution in [0.1, 0.15) is 30.7 Å². The highest BCUT2D eigenvalue weighted by atomic mass is 16.7. The molecule has 1 aliphatic carbocycles. The van der Waals surface area contributed by atoms with Gasteiger partial charge in [-0.05, 0) is 17.9 Å². The van der Waals surface area contributed by atoms with Crippen molar-refractivity contribution in [1.29, 1.82) is 0 Å².